The molecule has 0 bridgehead atoms. The molecule has 29 heavy (non-hydrogen) atoms. The summed E-state index contributed by atoms with van der Waals surface area (Å²) in [6.07, 6.45) is 2.56. The Morgan fingerprint density at radius 3 is 2.59 bits per heavy atom. The van der Waals surface area contributed by atoms with E-state index in [1.54, 1.807) is 30.1 Å². The average Bonchev–Trinajstić information content (AvgIpc) is 3.18. The first-order valence-electron chi connectivity index (χ1n) is 9.31. The maximum Gasteiger partial charge on any atom is 0.226 e. The second-order valence-corrected chi connectivity index (χ2v) is 6.43. The van der Waals surface area contributed by atoms with Crippen LogP contribution in [0.1, 0.15) is 6.42 Å². The molecule has 0 aliphatic carbocycles. The van der Waals surface area contributed by atoms with E-state index in [0.29, 0.717) is 30.6 Å². The number of aromatic nitrogens is 4. The van der Waals surface area contributed by atoms with E-state index in [2.05, 4.69) is 25.7 Å². The quantitative estimate of drug-likeness (QED) is 0.439. The Morgan fingerprint density at radius 2 is 1.83 bits per heavy atom. The molecule has 4 rings (SSSR count). The van der Waals surface area contributed by atoms with Gasteiger partial charge in [0.15, 0.2) is 5.65 Å². The highest BCUT2D eigenvalue weighted by molar-refractivity contribution is 5.90. The predicted octanol–water partition coefficient (Wildman–Crippen LogP) is 4.15. The third-order valence-electron chi connectivity index (χ3n) is 4.34. The molecular weight excluding hydrogens is 371 g/mol. The fourth-order valence-corrected chi connectivity index (χ4v) is 2.93. The third-order valence-corrected chi connectivity index (χ3v) is 4.34. The van der Waals surface area contributed by atoms with E-state index in [1.807, 2.05) is 30.3 Å². The summed E-state index contributed by atoms with van der Waals surface area (Å²) in [5.41, 5.74) is 2.30. The van der Waals surface area contributed by atoms with Crippen LogP contribution in [0, 0.1) is 5.82 Å². The topological polar surface area (TPSA) is 76.9 Å². The molecule has 0 amide bonds. The van der Waals surface area contributed by atoms with Gasteiger partial charge in [-0.3, -0.25) is 0 Å². The molecule has 2 heterocycles. The molecule has 0 spiro atoms. The van der Waals surface area contributed by atoms with Crippen molar-refractivity contribution in [2.45, 2.75) is 6.42 Å². The van der Waals surface area contributed by atoms with Crippen molar-refractivity contribution in [3.8, 4) is 5.69 Å². The maximum absolute atomic E-state index is 13.2. The van der Waals surface area contributed by atoms with Gasteiger partial charge in [0.05, 0.1) is 17.3 Å². The lowest BCUT2D eigenvalue weighted by Gasteiger charge is -2.11. The van der Waals surface area contributed by atoms with E-state index in [-0.39, 0.29) is 5.82 Å². The van der Waals surface area contributed by atoms with Crippen molar-refractivity contribution in [1.82, 2.24) is 19.7 Å². The molecule has 0 atom stereocenters. The first-order chi connectivity index (χ1) is 14.2. The van der Waals surface area contributed by atoms with Gasteiger partial charge >= 0.3 is 0 Å². The summed E-state index contributed by atoms with van der Waals surface area (Å²) in [6.45, 7) is 1.33. The number of halogens is 1. The minimum absolute atomic E-state index is 0.291. The van der Waals surface area contributed by atoms with Gasteiger partial charge in [-0.1, -0.05) is 18.2 Å². The van der Waals surface area contributed by atoms with E-state index >= 15 is 0 Å². The number of benzene rings is 2. The number of para-hydroxylation sites is 1. The number of hydrogen-bond acceptors (Lipinski definition) is 6. The second-order valence-electron chi connectivity index (χ2n) is 6.43. The third kappa shape index (κ3) is 4.33. The van der Waals surface area contributed by atoms with Gasteiger partial charge in [0.25, 0.3) is 0 Å². The Hall–Kier alpha value is -3.52. The Labute approximate surface area is 167 Å². The molecule has 0 saturated carbocycles. The molecular formula is C21H21FN6O. The fourth-order valence-electron chi connectivity index (χ4n) is 2.93. The highest BCUT2D eigenvalue weighted by Gasteiger charge is 2.14. The summed E-state index contributed by atoms with van der Waals surface area (Å²) in [7, 11) is 1.67. The Bertz CT molecular complexity index is 1080. The highest BCUT2D eigenvalue weighted by Crippen LogP contribution is 2.27. The molecule has 0 saturated heterocycles. The van der Waals surface area contributed by atoms with Crippen LogP contribution in [0.4, 0.5) is 21.8 Å². The predicted molar refractivity (Wildman–Crippen MR) is 111 cm³/mol. The Balaban J connectivity index is 1.73. The second kappa shape index (κ2) is 8.66. The van der Waals surface area contributed by atoms with Crippen LogP contribution in [-0.2, 0) is 4.74 Å². The number of rotatable bonds is 8. The van der Waals surface area contributed by atoms with Crippen LogP contribution in [0.25, 0.3) is 16.7 Å². The summed E-state index contributed by atoms with van der Waals surface area (Å²) >= 11 is 0. The van der Waals surface area contributed by atoms with Crippen LogP contribution in [-0.4, -0.2) is 40.0 Å². The van der Waals surface area contributed by atoms with Crippen LogP contribution in [0.3, 0.4) is 0 Å². The minimum Gasteiger partial charge on any atom is -0.385 e. The average molecular weight is 392 g/mol. The van der Waals surface area contributed by atoms with E-state index in [9.17, 15) is 4.39 Å². The summed E-state index contributed by atoms with van der Waals surface area (Å²) < 4.78 is 20.1. The zero-order valence-corrected chi connectivity index (χ0v) is 16.0. The number of fused-ring (bicyclic) bond motifs is 1. The standard InChI is InChI=1S/C21H21FN6O/c1-29-13-5-12-23-21-26-19(25-16-10-8-15(22)9-11-16)18-14-24-28(20(18)27-21)17-6-3-2-4-7-17/h2-4,6-11,14H,5,12-13H2,1H3,(H2,23,25,26,27). The minimum atomic E-state index is -0.291. The first kappa shape index (κ1) is 18.8. The number of ether oxygens (including phenoxy) is 1. The van der Waals surface area contributed by atoms with Crippen molar-refractivity contribution in [2.75, 3.05) is 30.9 Å². The lowest BCUT2D eigenvalue weighted by atomic mass is 10.3. The summed E-state index contributed by atoms with van der Waals surface area (Å²) in [4.78, 5) is 9.27. The van der Waals surface area contributed by atoms with Gasteiger partial charge in [-0.05, 0) is 42.8 Å². The smallest absolute Gasteiger partial charge is 0.226 e. The zero-order chi connectivity index (χ0) is 20.1. The fraction of sp³-hybridized carbons (Fsp3) is 0.190. The van der Waals surface area contributed by atoms with E-state index in [1.165, 1.54) is 12.1 Å². The molecule has 2 aromatic heterocycles. The van der Waals surface area contributed by atoms with Crippen molar-refractivity contribution < 1.29 is 9.13 Å². The van der Waals surface area contributed by atoms with Crippen LogP contribution < -0.4 is 10.6 Å². The number of anilines is 3. The zero-order valence-electron chi connectivity index (χ0n) is 16.0. The number of nitrogens with zero attached hydrogens (tertiary/aromatic N) is 4. The van der Waals surface area contributed by atoms with Gasteiger partial charge in [0, 0.05) is 25.9 Å². The molecule has 2 N–H and O–H groups in total. The van der Waals surface area contributed by atoms with E-state index < -0.39 is 0 Å². The summed E-state index contributed by atoms with van der Waals surface area (Å²) in [5.74, 6) is 0.787. The van der Waals surface area contributed by atoms with Crippen molar-refractivity contribution in [3.63, 3.8) is 0 Å². The summed E-state index contributed by atoms with van der Waals surface area (Å²) in [5, 5.41) is 11.7. The maximum atomic E-state index is 13.2. The van der Waals surface area contributed by atoms with E-state index in [4.69, 9.17) is 4.74 Å². The van der Waals surface area contributed by atoms with Crippen LogP contribution in [0.15, 0.2) is 60.8 Å². The Kier molecular flexibility index (Phi) is 5.62. The molecule has 148 valence electrons. The molecule has 7 nitrogen and oxygen atoms in total. The van der Waals surface area contributed by atoms with Gasteiger partial charge in [-0.15, -0.1) is 0 Å². The largest absolute Gasteiger partial charge is 0.385 e. The van der Waals surface area contributed by atoms with Crippen LogP contribution in [0.5, 0.6) is 0 Å². The van der Waals surface area contributed by atoms with Crippen molar-refractivity contribution in [3.05, 3.63) is 66.6 Å². The van der Waals surface area contributed by atoms with Crippen molar-refractivity contribution in [2.24, 2.45) is 0 Å². The van der Waals surface area contributed by atoms with Crippen LogP contribution in [0.2, 0.25) is 0 Å². The van der Waals surface area contributed by atoms with Crippen LogP contribution >= 0.6 is 0 Å². The molecule has 0 unspecified atom stereocenters. The summed E-state index contributed by atoms with van der Waals surface area (Å²) in [6, 6.07) is 15.9. The van der Waals surface area contributed by atoms with Gasteiger partial charge in [-0.25, -0.2) is 9.07 Å². The first-order valence-corrected chi connectivity index (χ1v) is 9.31. The highest BCUT2D eigenvalue weighted by atomic mass is 19.1. The number of methoxy groups -OCH3 is 1. The monoisotopic (exact) mass is 392 g/mol. The molecule has 0 radical (unpaired) electrons. The molecule has 4 aromatic rings. The van der Waals surface area contributed by atoms with Crippen molar-refractivity contribution >= 4 is 28.5 Å². The Morgan fingerprint density at radius 1 is 1.03 bits per heavy atom. The SMILES string of the molecule is COCCCNc1nc(Nc2ccc(F)cc2)c2cnn(-c3ccccc3)c2n1. The van der Waals surface area contributed by atoms with Crippen molar-refractivity contribution in [1.29, 1.82) is 0 Å². The molecule has 8 heteroatoms. The molecule has 0 aliphatic rings. The lowest BCUT2D eigenvalue weighted by molar-refractivity contribution is 0.197. The number of hydrogen-bond donors (Lipinski definition) is 2. The molecule has 0 fully saturated rings. The molecule has 2 aromatic carbocycles. The van der Waals surface area contributed by atoms with E-state index in [0.717, 1.165) is 23.2 Å². The number of nitrogens with one attached hydrogen (secondary N) is 2. The van der Waals surface area contributed by atoms with Gasteiger partial charge in [0.1, 0.15) is 11.6 Å². The van der Waals surface area contributed by atoms with Gasteiger partial charge in [-0.2, -0.15) is 15.1 Å². The van der Waals surface area contributed by atoms with Gasteiger partial charge < -0.3 is 15.4 Å². The lowest BCUT2D eigenvalue weighted by Crippen LogP contribution is -2.10. The molecule has 0 aliphatic heterocycles. The van der Waals surface area contributed by atoms with Gasteiger partial charge in [0.2, 0.25) is 5.95 Å². The normalized spacial score (nSPS) is 11.0.